The van der Waals surface area contributed by atoms with E-state index in [0.717, 1.165) is 12.8 Å². The summed E-state index contributed by atoms with van der Waals surface area (Å²) in [6, 6.07) is 22.8. The first-order valence-electron chi connectivity index (χ1n) is 10.8. The van der Waals surface area contributed by atoms with Crippen LogP contribution in [0.4, 0.5) is 0 Å². The van der Waals surface area contributed by atoms with Crippen LogP contribution in [-0.4, -0.2) is 4.57 Å². The third kappa shape index (κ3) is 1.89. The molecule has 0 N–H and O–H groups in total. The number of hydrogen-bond acceptors (Lipinski definition) is 1. The van der Waals surface area contributed by atoms with Crippen LogP contribution in [0.1, 0.15) is 42.7 Å². The molecule has 0 saturated heterocycles. The third-order valence-electron chi connectivity index (χ3n) is 7.52. The molecule has 3 aromatic carbocycles. The van der Waals surface area contributed by atoms with Gasteiger partial charge < -0.3 is 4.57 Å². The summed E-state index contributed by atoms with van der Waals surface area (Å²) in [5, 5.41) is 4.22. The highest BCUT2D eigenvalue weighted by molar-refractivity contribution is 7.25. The van der Waals surface area contributed by atoms with E-state index in [-0.39, 0.29) is 5.41 Å². The van der Waals surface area contributed by atoms with E-state index in [2.05, 4.69) is 86.1 Å². The van der Waals surface area contributed by atoms with Crippen LogP contribution in [0.3, 0.4) is 0 Å². The van der Waals surface area contributed by atoms with Crippen molar-refractivity contribution in [2.45, 2.75) is 32.1 Å². The minimum absolute atomic E-state index is 0.0489. The lowest BCUT2D eigenvalue weighted by Gasteiger charge is -2.28. The molecule has 0 bridgehead atoms. The van der Waals surface area contributed by atoms with Crippen LogP contribution in [0, 0.1) is 0 Å². The van der Waals surface area contributed by atoms with E-state index in [9.17, 15) is 0 Å². The van der Waals surface area contributed by atoms with Crippen LogP contribution in [0.5, 0.6) is 0 Å². The molecular weight excluding hydrogens is 382 g/mol. The monoisotopic (exact) mass is 405 g/mol. The van der Waals surface area contributed by atoms with Gasteiger partial charge in [0.2, 0.25) is 0 Å². The van der Waals surface area contributed by atoms with Crippen LogP contribution in [0.25, 0.3) is 42.2 Å². The molecule has 146 valence electrons. The Kier molecular flexibility index (Phi) is 3.07. The summed E-state index contributed by atoms with van der Waals surface area (Å²) in [6.45, 7) is 4.82. The number of fused-ring (bicyclic) bond motifs is 9. The molecule has 7 rings (SSSR count). The van der Waals surface area contributed by atoms with Crippen molar-refractivity contribution in [3.8, 4) is 0 Å². The van der Waals surface area contributed by atoms with Crippen LogP contribution in [0.15, 0.2) is 60.7 Å². The fourth-order valence-corrected chi connectivity index (χ4v) is 7.31. The van der Waals surface area contributed by atoms with Gasteiger partial charge in [0.15, 0.2) is 0 Å². The number of allylic oxidation sites excluding steroid dienone is 2. The summed E-state index contributed by atoms with van der Waals surface area (Å²) < 4.78 is 5.28. The van der Waals surface area contributed by atoms with Crippen molar-refractivity contribution in [1.29, 1.82) is 0 Å². The minimum atomic E-state index is 0.0489. The number of rotatable bonds is 0. The topological polar surface area (TPSA) is 4.93 Å². The van der Waals surface area contributed by atoms with Crippen molar-refractivity contribution < 1.29 is 0 Å². The molecule has 2 aromatic heterocycles. The Balaban J connectivity index is 1.58. The number of aryl methyl sites for hydroxylation is 2. The van der Waals surface area contributed by atoms with E-state index in [1.165, 1.54) is 47.9 Å². The quantitative estimate of drug-likeness (QED) is 0.249. The summed E-state index contributed by atoms with van der Waals surface area (Å²) in [4.78, 5) is 0. The molecule has 0 radical (unpaired) electrons. The Morgan fingerprint density at radius 1 is 0.833 bits per heavy atom. The van der Waals surface area contributed by atoms with Gasteiger partial charge in [-0.05, 0) is 58.9 Å². The van der Waals surface area contributed by atoms with Crippen LogP contribution in [-0.2, 0) is 18.9 Å². The highest BCUT2D eigenvalue weighted by Gasteiger charge is 2.42. The predicted molar refractivity (Wildman–Crippen MR) is 130 cm³/mol. The molecule has 0 amide bonds. The molecular formula is C28H23NS. The van der Waals surface area contributed by atoms with Gasteiger partial charge in [-0.2, -0.15) is 0 Å². The van der Waals surface area contributed by atoms with Crippen molar-refractivity contribution in [2.75, 3.05) is 0 Å². The van der Waals surface area contributed by atoms with Gasteiger partial charge in [-0.15, -0.1) is 11.3 Å². The zero-order chi connectivity index (χ0) is 20.2. The van der Waals surface area contributed by atoms with E-state index in [0.29, 0.717) is 0 Å². The Hall–Kier alpha value is -2.84. The van der Waals surface area contributed by atoms with Crippen molar-refractivity contribution >= 4 is 53.6 Å². The molecule has 0 spiro atoms. The predicted octanol–water partition coefficient (Wildman–Crippen LogP) is 7.69. The van der Waals surface area contributed by atoms with Gasteiger partial charge in [-0.3, -0.25) is 0 Å². The fraction of sp³-hybridized carbons (Fsp3) is 0.214. The molecule has 2 aliphatic rings. The largest absolute Gasteiger partial charge is 0.344 e. The van der Waals surface area contributed by atoms with E-state index in [1.807, 2.05) is 11.3 Å². The first-order chi connectivity index (χ1) is 14.6. The highest BCUT2D eigenvalue weighted by atomic mass is 32.1. The molecule has 1 nitrogen and oxygen atoms in total. The normalized spacial score (nSPS) is 17.0. The molecule has 30 heavy (non-hydrogen) atoms. The first-order valence-corrected chi connectivity index (χ1v) is 11.6. The van der Waals surface area contributed by atoms with Gasteiger partial charge in [0, 0.05) is 49.2 Å². The standard InChI is InChI=1S/C28H23NS/c1-28(2)22-10-6-4-8-16(22)18-12-13-19-20-15-25-21(17-9-5-7-11-24(17)30-25)14-23(20)29(3)27(19)26(18)28/h4-11,14-15H,12-13H2,1-3H3. The minimum Gasteiger partial charge on any atom is -0.344 e. The number of thiophene rings is 1. The zero-order valence-electron chi connectivity index (χ0n) is 17.5. The van der Waals surface area contributed by atoms with E-state index in [1.54, 1.807) is 16.7 Å². The molecule has 0 aliphatic heterocycles. The van der Waals surface area contributed by atoms with Crippen molar-refractivity contribution in [3.63, 3.8) is 0 Å². The van der Waals surface area contributed by atoms with E-state index >= 15 is 0 Å². The third-order valence-corrected chi connectivity index (χ3v) is 8.65. The average Bonchev–Trinajstić information content (AvgIpc) is 3.34. The van der Waals surface area contributed by atoms with E-state index < -0.39 is 0 Å². The Labute approximate surface area is 180 Å². The van der Waals surface area contributed by atoms with Gasteiger partial charge in [0.05, 0.1) is 0 Å². The van der Waals surface area contributed by atoms with Crippen LogP contribution >= 0.6 is 11.3 Å². The van der Waals surface area contributed by atoms with Crippen LogP contribution in [0.2, 0.25) is 0 Å². The van der Waals surface area contributed by atoms with Gasteiger partial charge in [0.1, 0.15) is 0 Å². The summed E-state index contributed by atoms with van der Waals surface area (Å²) in [6.07, 6.45) is 2.28. The van der Waals surface area contributed by atoms with Gasteiger partial charge in [0.25, 0.3) is 0 Å². The second kappa shape index (κ2) is 5.44. The number of hydrogen-bond donors (Lipinski definition) is 0. The Morgan fingerprint density at radius 3 is 2.53 bits per heavy atom. The maximum atomic E-state index is 2.48. The SMILES string of the molecule is Cn1c2c(c3cc4sc5ccccc5c4cc31)CCC1=C2C(C)(C)c2ccccc21. The Morgan fingerprint density at radius 2 is 1.63 bits per heavy atom. The summed E-state index contributed by atoms with van der Waals surface area (Å²) in [5.41, 5.74) is 10.5. The maximum absolute atomic E-state index is 2.48. The first kappa shape index (κ1) is 16.9. The summed E-state index contributed by atoms with van der Waals surface area (Å²) >= 11 is 1.92. The van der Waals surface area contributed by atoms with Gasteiger partial charge >= 0.3 is 0 Å². The second-order valence-electron chi connectivity index (χ2n) is 9.37. The molecule has 0 fully saturated rings. The lowest BCUT2D eigenvalue weighted by Crippen LogP contribution is -2.20. The molecule has 0 atom stereocenters. The van der Waals surface area contributed by atoms with Crippen molar-refractivity contribution in [1.82, 2.24) is 4.57 Å². The maximum Gasteiger partial charge on any atom is 0.0492 e. The smallest absolute Gasteiger partial charge is 0.0492 e. The number of benzene rings is 3. The van der Waals surface area contributed by atoms with Crippen LogP contribution < -0.4 is 0 Å². The summed E-state index contributed by atoms with van der Waals surface area (Å²) in [5.74, 6) is 0. The molecule has 5 aromatic rings. The van der Waals surface area contributed by atoms with Gasteiger partial charge in [-0.25, -0.2) is 0 Å². The second-order valence-corrected chi connectivity index (χ2v) is 10.5. The highest BCUT2D eigenvalue weighted by Crippen LogP contribution is 2.56. The average molecular weight is 406 g/mol. The van der Waals surface area contributed by atoms with Gasteiger partial charge in [-0.1, -0.05) is 56.3 Å². The molecule has 2 heteroatoms. The molecule has 0 saturated carbocycles. The Bertz CT molecular complexity index is 1570. The lowest BCUT2D eigenvalue weighted by molar-refractivity contribution is 0.690. The van der Waals surface area contributed by atoms with E-state index in [4.69, 9.17) is 0 Å². The fourth-order valence-electron chi connectivity index (χ4n) is 6.19. The number of nitrogens with zero attached hydrogens (tertiary/aromatic N) is 1. The molecule has 2 aliphatic carbocycles. The zero-order valence-corrected chi connectivity index (χ0v) is 18.4. The summed E-state index contributed by atoms with van der Waals surface area (Å²) in [7, 11) is 2.27. The molecule has 0 unspecified atom stereocenters. The van der Waals surface area contributed by atoms with Crippen molar-refractivity contribution in [3.05, 3.63) is 83.0 Å². The molecule has 2 heterocycles. The number of aromatic nitrogens is 1. The lowest BCUT2D eigenvalue weighted by atomic mass is 9.77. The van der Waals surface area contributed by atoms with Crippen molar-refractivity contribution in [2.24, 2.45) is 7.05 Å².